The van der Waals surface area contributed by atoms with Gasteiger partial charge in [-0.2, -0.15) is 15.8 Å². The zero-order chi connectivity index (χ0) is 33.8. The van der Waals surface area contributed by atoms with Gasteiger partial charge in [-0.25, -0.2) is 0 Å². The highest BCUT2D eigenvalue weighted by molar-refractivity contribution is 6.11. The van der Waals surface area contributed by atoms with Gasteiger partial charge in [0.2, 0.25) is 0 Å². The quantitative estimate of drug-likeness (QED) is 0.193. The average molecular weight is 636 g/mol. The van der Waals surface area contributed by atoms with E-state index >= 15 is 0 Å². The lowest BCUT2D eigenvalue weighted by Crippen LogP contribution is -1.99. The Hall–Kier alpha value is -7.39. The highest BCUT2D eigenvalue weighted by Gasteiger charge is 2.19. The lowest BCUT2D eigenvalue weighted by Gasteiger charge is -2.15. The largest absolute Gasteiger partial charge is 0.309 e. The summed E-state index contributed by atoms with van der Waals surface area (Å²) in [5, 5.41) is 34.8. The fraction of sp³-hybridized carbons (Fsp3) is 0. The van der Waals surface area contributed by atoms with E-state index < -0.39 is 0 Å². The summed E-state index contributed by atoms with van der Waals surface area (Å²) in [4.78, 5) is 0. The summed E-state index contributed by atoms with van der Waals surface area (Å²) in [6.07, 6.45) is 0. The van der Waals surface area contributed by atoms with Gasteiger partial charge < -0.3 is 9.13 Å². The van der Waals surface area contributed by atoms with Crippen LogP contribution < -0.4 is 0 Å². The van der Waals surface area contributed by atoms with E-state index in [0.717, 1.165) is 71.7 Å². The van der Waals surface area contributed by atoms with Gasteiger partial charge in [-0.15, -0.1) is 0 Å². The van der Waals surface area contributed by atoms with Crippen LogP contribution in [0.1, 0.15) is 16.7 Å². The highest BCUT2D eigenvalue weighted by Crippen LogP contribution is 2.39. The molecule has 0 saturated heterocycles. The highest BCUT2D eigenvalue weighted by atomic mass is 15.0. The predicted molar refractivity (Wildman–Crippen MR) is 200 cm³/mol. The molecule has 0 aliphatic heterocycles. The molecule has 0 bridgehead atoms. The van der Waals surface area contributed by atoms with Crippen molar-refractivity contribution in [3.05, 3.63) is 168 Å². The Morgan fingerprint density at radius 1 is 0.400 bits per heavy atom. The second-order valence-electron chi connectivity index (χ2n) is 12.3. The van der Waals surface area contributed by atoms with Crippen LogP contribution in [-0.4, -0.2) is 9.13 Å². The molecule has 0 saturated carbocycles. The summed E-state index contributed by atoms with van der Waals surface area (Å²) < 4.78 is 4.38. The molecule has 230 valence electrons. The summed E-state index contributed by atoms with van der Waals surface area (Å²) in [7, 11) is 0. The molecule has 0 aliphatic rings. The lowest BCUT2D eigenvalue weighted by atomic mass is 9.92. The third-order valence-corrected chi connectivity index (χ3v) is 9.63. The first-order valence-electron chi connectivity index (χ1n) is 16.3. The second-order valence-corrected chi connectivity index (χ2v) is 12.3. The minimum atomic E-state index is 0.441. The lowest BCUT2D eigenvalue weighted by molar-refractivity contribution is 1.17. The number of hydrogen-bond donors (Lipinski definition) is 0. The zero-order valence-electron chi connectivity index (χ0n) is 26.7. The van der Waals surface area contributed by atoms with Crippen LogP contribution in [-0.2, 0) is 0 Å². The molecule has 0 atom stereocenters. The minimum absolute atomic E-state index is 0.441. The van der Waals surface area contributed by atoms with Crippen molar-refractivity contribution in [3.63, 3.8) is 0 Å². The maximum Gasteiger partial charge on any atom is 0.0999 e. The summed E-state index contributed by atoms with van der Waals surface area (Å²) in [5.74, 6) is 0. The van der Waals surface area contributed by atoms with Crippen LogP contribution in [0.15, 0.2) is 152 Å². The third kappa shape index (κ3) is 4.31. The number of nitriles is 3. The van der Waals surface area contributed by atoms with Gasteiger partial charge in [0.25, 0.3) is 0 Å². The number of benzene rings is 7. The van der Waals surface area contributed by atoms with Crippen molar-refractivity contribution in [2.75, 3.05) is 0 Å². The van der Waals surface area contributed by atoms with Crippen LogP contribution in [0.25, 0.3) is 77.2 Å². The van der Waals surface area contributed by atoms with Crippen molar-refractivity contribution in [2.24, 2.45) is 0 Å². The molecule has 0 N–H and O–H groups in total. The molecule has 0 fully saturated rings. The van der Waals surface area contributed by atoms with Crippen molar-refractivity contribution in [2.45, 2.75) is 0 Å². The smallest absolute Gasteiger partial charge is 0.0999 e. The fourth-order valence-electron chi connectivity index (χ4n) is 7.48. The number of para-hydroxylation sites is 4. The van der Waals surface area contributed by atoms with Gasteiger partial charge in [0.05, 0.1) is 62.7 Å². The van der Waals surface area contributed by atoms with Crippen LogP contribution in [0.5, 0.6) is 0 Å². The van der Waals surface area contributed by atoms with Crippen molar-refractivity contribution in [3.8, 4) is 51.8 Å². The van der Waals surface area contributed by atoms with Gasteiger partial charge >= 0.3 is 0 Å². The molecule has 0 amide bonds. The molecule has 50 heavy (non-hydrogen) atoms. The van der Waals surface area contributed by atoms with Crippen molar-refractivity contribution < 1.29 is 0 Å². The number of hydrogen-bond acceptors (Lipinski definition) is 3. The average Bonchev–Trinajstić information content (AvgIpc) is 3.70. The molecule has 0 spiro atoms. The number of fused-ring (bicyclic) bond motifs is 6. The normalized spacial score (nSPS) is 11.1. The first-order chi connectivity index (χ1) is 24.7. The van der Waals surface area contributed by atoms with E-state index in [-0.39, 0.29) is 0 Å². The minimum Gasteiger partial charge on any atom is -0.309 e. The Morgan fingerprint density at radius 2 is 0.900 bits per heavy atom. The Bertz CT molecular complexity index is 2870. The number of aromatic nitrogens is 2. The van der Waals surface area contributed by atoms with E-state index in [4.69, 9.17) is 0 Å². The predicted octanol–water partition coefficient (Wildman–Crippen LogP) is 10.8. The SMILES string of the molecule is N#Cc1ccc2c(c1)c1ccccc1n2-c1ccccc1-c1ccc(-c2c(C#N)cc(-n3c4ccccc4c4ccccc43)cc2C#N)cc1. The van der Waals surface area contributed by atoms with E-state index in [1.54, 1.807) is 0 Å². The Kier molecular flexibility index (Phi) is 6.56. The zero-order valence-corrected chi connectivity index (χ0v) is 26.7. The molecule has 7 aromatic carbocycles. The maximum absolute atomic E-state index is 10.4. The summed E-state index contributed by atoms with van der Waals surface area (Å²) in [6.45, 7) is 0. The van der Waals surface area contributed by atoms with Gasteiger partial charge in [0.1, 0.15) is 0 Å². The van der Waals surface area contributed by atoms with E-state index in [2.05, 4.69) is 88.0 Å². The van der Waals surface area contributed by atoms with E-state index in [0.29, 0.717) is 22.3 Å². The number of nitrogens with zero attached hydrogens (tertiary/aromatic N) is 5. The summed E-state index contributed by atoms with van der Waals surface area (Å²) >= 11 is 0. The van der Waals surface area contributed by atoms with Gasteiger partial charge in [-0.05, 0) is 65.7 Å². The van der Waals surface area contributed by atoms with E-state index in [9.17, 15) is 15.8 Å². The molecule has 0 radical (unpaired) electrons. The van der Waals surface area contributed by atoms with E-state index in [1.807, 2.05) is 91.0 Å². The van der Waals surface area contributed by atoms with Crippen LogP contribution in [0.4, 0.5) is 0 Å². The van der Waals surface area contributed by atoms with Crippen molar-refractivity contribution in [1.29, 1.82) is 15.8 Å². The first kappa shape index (κ1) is 28.8. The van der Waals surface area contributed by atoms with Crippen LogP contribution in [0.3, 0.4) is 0 Å². The molecular weight excluding hydrogens is 611 g/mol. The van der Waals surface area contributed by atoms with Gasteiger partial charge in [-0.3, -0.25) is 0 Å². The molecular formula is C45H25N5. The number of rotatable bonds is 4. The van der Waals surface area contributed by atoms with Crippen LogP contribution in [0.2, 0.25) is 0 Å². The Balaban J connectivity index is 1.17. The summed E-state index contributed by atoms with van der Waals surface area (Å²) in [5.41, 5.74) is 10.9. The van der Waals surface area contributed by atoms with Crippen LogP contribution >= 0.6 is 0 Å². The van der Waals surface area contributed by atoms with E-state index in [1.165, 1.54) is 0 Å². The maximum atomic E-state index is 10.4. The second kappa shape index (κ2) is 11.4. The molecule has 2 aromatic heterocycles. The fourth-order valence-corrected chi connectivity index (χ4v) is 7.48. The Labute approximate surface area is 287 Å². The van der Waals surface area contributed by atoms with Gasteiger partial charge in [0, 0.05) is 38.4 Å². The standard InChI is InChI=1S/C45H25N5/c46-26-29-17-22-44-39(23-29)38-12-4-8-16-43(38)50(44)40-13-5-1-9-35(40)30-18-20-31(21-19-30)45-32(27-47)24-34(25-33(45)28-48)49-41-14-6-2-10-36(41)37-11-3-7-15-42(37)49/h1-25H. The third-order valence-electron chi connectivity index (χ3n) is 9.63. The van der Waals surface area contributed by atoms with Crippen molar-refractivity contribution in [1.82, 2.24) is 9.13 Å². The Morgan fingerprint density at radius 3 is 1.50 bits per heavy atom. The summed E-state index contributed by atoms with van der Waals surface area (Å²) in [6, 6.07) is 57.7. The molecule has 2 heterocycles. The van der Waals surface area contributed by atoms with Gasteiger partial charge in [-0.1, -0.05) is 97.1 Å². The molecule has 9 aromatic rings. The monoisotopic (exact) mass is 635 g/mol. The molecule has 0 unspecified atom stereocenters. The van der Waals surface area contributed by atoms with Gasteiger partial charge in [0.15, 0.2) is 0 Å². The molecule has 5 heteroatoms. The molecule has 9 rings (SSSR count). The molecule has 0 aliphatic carbocycles. The topological polar surface area (TPSA) is 81.2 Å². The van der Waals surface area contributed by atoms with Crippen molar-refractivity contribution >= 4 is 43.6 Å². The molecule has 5 nitrogen and oxygen atoms in total. The first-order valence-corrected chi connectivity index (χ1v) is 16.3. The van der Waals surface area contributed by atoms with Crippen LogP contribution in [0, 0.1) is 34.0 Å².